The molecule has 0 aliphatic carbocycles. The molecule has 0 amide bonds. The van der Waals surface area contributed by atoms with Crippen molar-refractivity contribution in [3.05, 3.63) is 23.5 Å². The van der Waals surface area contributed by atoms with Crippen molar-refractivity contribution < 1.29 is 5.11 Å². The van der Waals surface area contributed by atoms with E-state index in [9.17, 15) is 5.11 Å². The topological polar surface area (TPSA) is 37.2 Å². The lowest BCUT2D eigenvalue weighted by Crippen LogP contribution is -2.38. The fraction of sp³-hybridized carbons (Fsp3) is 0.692. The summed E-state index contributed by atoms with van der Waals surface area (Å²) in [4.78, 5) is 0. The van der Waals surface area contributed by atoms with Crippen molar-refractivity contribution >= 4 is 0 Å². The van der Waals surface area contributed by atoms with Crippen molar-refractivity contribution in [3.8, 4) is 0 Å². The van der Waals surface area contributed by atoms with Crippen molar-refractivity contribution in [1.82, 2.24) is 9.88 Å². The van der Waals surface area contributed by atoms with Crippen LogP contribution in [0, 0.1) is 0 Å². The molecule has 2 atom stereocenters. The molecular weight excluding hydrogens is 200 g/mol. The van der Waals surface area contributed by atoms with Crippen LogP contribution in [0.25, 0.3) is 0 Å². The van der Waals surface area contributed by atoms with Crippen molar-refractivity contribution in [2.75, 3.05) is 6.54 Å². The average Bonchev–Trinajstić information content (AvgIpc) is 2.74. The number of aryl methyl sites for hydroxylation is 1. The Morgan fingerprint density at radius 1 is 1.31 bits per heavy atom. The van der Waals surface area contributed by atoms with Gasteiger partial charge in [0.05, 0.1) is 12.1 Å². The van der Waals surface area contributed by atoms with E-state index >= 15 is 0 Å². The fourth-order valence-corrected chi connectivity index (χ4v) is 3.07. The minimum atomic E-state index is -0.206. The molecule has 1 aromatic heterocycles. The number of hydrogen-bond acceptors (Lipinski definition) is 2. The number of hydrogen-bond donors (Lipinski definition) is 2. The Hall–Kier alpha value is -0.800. The number of aliphatic hydroxyl groups is 1. The molecule has 0 radical (unpaired) electrons. The first-order chi connectivity index (χ1) is 7.86. The van der Waals surface area contributed by atoms with Gasteiger partial charge in [0.1, 0.15) is 0 Å². The van der Waals surface area contributed by atoms with E-state index in [-0.39, 0.29) is 12.1 Å². The Kier molecular flexibility index (Phi) is 2.74. The van der Waals surface area contributed by atoms with Gasteiger partial charge in [0.25, 0.3) is 0 Å². The highest BCUT2D eigenvalue weighted by Crippen LogP contribution is 2.30. The summed E-state index contributed by atoms with van der Waals surface area (Å²) in [6.07, 6.45) is 7.76. The molecule has 0 bridgehead atoms. The second-order valence-corrected chi connectivity index (χ2v) is 5.01. The molecule has 0 aromatic carbocycles. The Balaban J connectivity index is 1.90. The molecule has 3 heteroatoms. The second kappa shape index (κ2) is 4.22. The molecular formula is C13H20N2O. The predicted molar refractivity (Wildman–Crippen MR) is 63.4 cm³/mol. The summed E-state index contributed by atoms with van der Waals surface area (Å²) in [5.41, 5.74) is 2.79. The van der Waals surface area contributed by atoms with Crippen LogP contribution < -0.4 is 5.32 Å². The van der Waals surface area contributed by atoms with Crippen LogP contribution in [-0.4, -0.2) is 22.3 Å². The molecule has 2 N–H and O–H groups in total. The van der Waals surface area contributed by atoms with Gasteiger partial charge in [-0.2, -0.15) is 0 Å². The van der Waals surface area contributed by atoms with E-state index in [1.165, 1.54) is 30.5 Å². The Morgan fingerprint density at radius 3 is 3.12 bits per heavy atom. The molecule has 3 rings (SSSR count). The number of rotatable bonds is 1. The summed E-state index contributed by atoms with van der Waals surface area (Å²) < 4.78 is 2.36. The van der Waals surface area contributed by atoms with Crippen LogP contribution in [0.4, 0.5) is 0 Å². The van der Waals surface area contributed by atoms with Gasteiger partial charge >= 0.3 is 0 Å². The molecule has 3 heterocycles. The molecule has 0 spiro atoms. The SMILES string of the molecule is OC1CCCNC1c1ccn2c1CCCC2. The number of nitrogens with one attached hydrogen (secondary N) is 1. The first-order valence-electron chi connectivity index (χ1n) is 6.45. The van der Waals surface area contributed by atoms with E-state index in [0.717, 1.165) is 25.9 Å². The van der Waals surface area contributed by atoms with Crippen LogP contribution in [-0.2, 0) is 13.0 Å². The molecule has 3 nitrogen and oxygen atoms in total. The third-order valence-corrected chi connectivity index (χ3v) is 3.94. The van der Waals surface area contributed by atoms with Crippen LogP contribution in [0.1, 0.15) is 43.0 Å². The lowest BCUT2D eigenvalue weighted by Gasteiger charge is -2.30. The Morgan fingerprint density at radius 2 is 2.25 bits per heavy atom. The van der Waals surface area contributed by atoms with Gasteiger partial charge in [-0.3, -0.25) is 0 Å². The van der Waals surface area contributed by atoms with Crippen molar-refractivity contribution in [3.63, 3.8) is 0 Å². The van der Waals surface area contributed by atoms with Gasteiger partial charge in [0.2, 0.25) is 0 Å². The smallest absolute Gasteiger partial charge is 0.0736 e. The van der Waals surface area contributed by atoms with Crippen LogP contribution in [0.3, 0.4) is 0 Å². The van der Waals surface area contributed by atoms with E-state index in [4.69, 9.17) is 0 Å². The summed E-state index contributed by atoms with van der Waals surface area (Å²) in [7, 11) is 0. The maximum atomic E-state index is 10.1. The minimum absolute atomic E-state index is 0.170. The molecule has 1 fully saturated rings. The lowest BCUT2D eigenvalue weighted by atomic mass is 9.93. The molecule has 88 valence electrons. The van der Waals surface area contributed by atoms with E-state index < -0.39 is 0 Å². The third-order valence-electron chi connectivity index (χ3n) is 3.94. The minimum Gasteiger partial charge on any atom is -0.391 e. The maximum absolute atomic E-state index is 10.1. The summed E-state index contributed by atoms with van der Waals surface area (Å²) in [6, 6.07) is 2.37. The van der Waals surface area contributed by atoms with Crippen molar-refractivity contribution in [1.29, 1.82) is 0 Å². The van der Waals surface area contributed by atoms with Gasteiger partial charge < -0.3 is 15.0 Å². The van der Waals surface area contributed by atoms with Crippen LogP contribution in [0.15, 0.2) is 12.3 Å². The fourth-order valence-electron chi connectivity index (χ4n) is 3.07. The first-order valence-corrected chi connectivity index (χ1v) is 6.45. The largest absolute Gasteiger partial charge is 0.391 e. The highest BCUT2D eigenvalue weighted by atomic mass is 16.3. The zero-order valence-electron chi connectivity index (χ0n) is 9.65. The monoisotopic (exact) mass is 220 g/mol. The number of aliphatic hydroxyl groups excluding tert-OH is 1. The molecule has 0 saturated carbocycles. The van der Waals surface area contributed by atoms with Crippen LogP contribution >= 0.6 is 0 Å². The standard InChI is InChI=1S/C13H20N2O/c16-12-5-3-7-14-13(12)10-6-9-15-8-2-1-4-11(10)15/h6,9,12-14,16H,1-5,7-8H2. The van der Waals surface area contributed by atoms with E-state index in [1.807, 2.05) is 0 Å². The van der Waals surface area contributed by atoms with Gasteiger partial charge in [-0.05, 0) is 50.3 Å². The van der Waals surface area contributed by atoms with Crippen LogP contribution in [0.2, 0.25) is 0 Å². The summed E-state index contributed by atoms with van der Waals surface area (Å²) >= 11 is 0. The number of aromatic nitrogens is 1. The number of fused-ring (bicyclic) bond motifs is 1. The van der Waals surface area contributed by atoms with E-state index in [1.54, 1.807) is 0 Å². The summed E-state index contributed by atoms with van der Waals surface area (Å²) in [6.45, 7) is 2.19. The Labute approximate surface area is 96.5 Å². The predicted octanol–water partition coefficient (Wildman–Crippen LogP) is 1.61. The first kappa shape index (κ1) is 10.4. The van der Waals surface area contributed by atoms with Crippen molar-refractivity contribution in [2.24, 2.45) is 0 Å². The van der Waals surface area contributed by atoms with E-state index in [2.05, 4.69) is 22.1 Å². The molecule has 2 unspecified atom stereocenters. The molecule has 1 saturated heterocycles. The maximum Gasteiger partial charge on any atom is 0.0736 e. The highest BCUT2D eigenvalue weighted by molar-refractivity contribution is 5.28. The lowest BCUT2D eigenvalue weighted by molar-refractivity contribution is 0.0960. The average molecular weight is 220 g/mol. The second-order valence-electron chi connectivity index (χ2n) is 5.01. The zero-order chi connectivity index (χ0) is 11.0. The zero-order valence-corrected chi connectivity index (χ0v) is 9.65. The molecule has 2 aliphatic heterocycles. The van der Waals surface area contributed by atoms with Crippen molar-refractivity contribution in [2.45, 2.75) is 50.8 Å². The molecule has 2 aliphatic rings. The third kappa shape index (κ3) is 1.68. The van der Waals surface area contributed by atoms with Crippen LogP contribution in [0.5, 0.6) is 0 Å². The quantitative estimate of drug-likeness (QED) is 0.754. The molecule has 1 aromatic rings. The van der Waals surface area contributed by atoms with Gasteiger partial charge in [0, 0.05) is 18.4 Å². The Bertz CT molecular complexity index is 372. The normalized spacial score (nSPS) is 30.1. The van der Waals surface area contributed by atoms with Gasteiger partial charge in [-0.1, -0.05) is 0 Å². The van der Waals surface area contributed by atoms with E-state index in [0.29, 0.717) is 0 Å². The van der Waals surface area contributed by atoms with Gasteiger partial charge in [-0.15, -0.1) is 0 Å². The molecule has 16 heavy (non-hydrogen) atoms. The summed E-state index contributed by atoms with van der Waals surface area (Å²) in [5, 5.41) is 13.5. The highest BCUT2D eigenvalue weighted by Gasteiger charge is 2.28. The summed E-state index contributed by atoms with van der Waals surface area (Å²) in [5.74, 6) is 0. The van der Waals surface area contributed by atoms with Gasteiger partial charge in [0.15, 0.2) is 0 Å². The number of piperidine rings is 1. The number of nitrogens with zero attached hydrogens (tertiary/aromatic N) is 1. The van der Waals surface area contributed by atoms with Gasteiger partial charge in [-0.25, -0.2) is 0 Å².